The van der Waals surface area contributed by atoms with Gasteiger partial charge in [0.15, 0.2) is 0 Å². The highest BCUT2D eigenvalue weighted by Gasteiger charge is 2.30. The molecule has 0 aliphatic heterocycles. The van der Waals surface area contributed by atoms with Crippen LogP contribution in [0.25, 0.3) is 0 Å². The highest BCUT2D eigenvalue weighted by atomic mass is 16.6. The third-order valence-electron chi connectivity index (χ3n) is 3.50. The molecule has 122 valence electrons. The quantitative estimate of drug-likeness (QED) is 0.519. The van der Waals surface area contributed by atoms with E-state index in [1.807, 2.05) is 6.92 Å². The Morgan fingerprint density at radius 2 is 1.33 bits per heavy atom. The summed E-state index contributed by atoms with van der Waals surface area (Å²) in [5.41, 5.74) is -1.42. The van der Waals surface area contributed by atoms with Gasteiger partial charge in [-0.2, -0.15) is 0 Å². The normalized spacial score (nSPS) is 11.9. The monoisotopic (exact) mass is 302 g/mol. The van der Waals surface area contributed by atoms with E-state index < -0.39 is 22.8 Å². The summed E-state index contributed by atoms with van der Waals surface area (Å²) >= 11 is 0. The summed E-state index contributed by atoms with van der Waals surface area (Å²) in [4.78, 5) is 34.0. The van der Waals surface area contributed by atoms with Crippen LogP contribution in [-0.4, -0.2) is 36.2 Å². The van der Waals surface area contributed by atoms with Crippen LogP contribution in [0, 0.1) is 10.8 Å². The summed E-state index contributed by atoms with van der Waals surface area (Å²) in [6, 6.07) is 0. The topological polar surface area (TPSA) is 89.9 Å². The van der Waals surface area contributed by atoms with Crippen LogP contribution in [0.15, 0.2) is 0 Å². The maximum Gasteiger partial charge on any atom is 0.311 e. The molecule has 0 aliphatic rings. The summed E-state index contributed by atoms with van der Waals surface area (Å²) in [7, 11) is 0. The standard InChI is InChI=1S/C15H26O6/c1-6-14(2,3)12(18)20-9-10-21-13(19)15(4,5)8-7-11(16)17/h6-10H2,1-5H3,(H,16,17). The van der Waals surface area contributed by atoms with Crippen LogP contribution in [0.5, 0.6) is 0 Å². The fourth-order valence-corrected chi connectivity index (χ4v) is 1.33. The molecule has 0 fully saturated rings. The van der Waals surface area contributed by atoms with Gasteiger partial charge in [-0.3, -0.25) is 14.4 Å². The number of esters is 2. The first kappa shape index (κ1) is 19.4. The lowest BCUT2D eigenvalue weighted by Crippen LogP contribution is -2.30. The van der Waals surface area contributed by atoms with Gasteiger partial charge in [0.05, 0.1) is 10.8 Å². The number of ether oxygens (including phenoxy) is 2. The average Bonchev–Trinajstić information content (AvgIpc) is 2.40. The zero-order chi connectivity index (χ0) is 16.7. The minimum atomic E-state index is -0.952. The molecule has 0 bridgehead atoms. The molecule has 0 unspecified atom stereocenters. The highest BCUT2D eigenvalue weighted by Crippen LogP contribution is 2.24. The number of hydrogen-bond acceptors (Lipinski definition) is 5. The molecule has 6 heteroatoms. The largest absolute Gasteiger partial charge is 0.481 e. The minimum Gasteiger partial charge on any atom is -0.481 e. The number of rotatable bonds is 9. The summed E-state index contributed by atoms with van der Waals surface area (Å²) in [5, 5.41) is 8.62. The van der Waals surface area contributed by atoms with Gasteiger partial charge in [0.25, 0.3) is 0 Å². The van der Waals surface area contributed by atoms with E-state index in [4.69, 9.17) is 14.6 Å². The van der Waals surface area contributed by atoms with Crippen molar-refractivity contribution in [3.8, 4) is 0 Å². The van der Waals surface area contributed by atoms with Crippen LogP contribution in [0.3, 0.4) is 0 Å². The number of hydrogen-bond donors (Lipinski definition) is 1. The van der Waals surface area contributed by atoms with Crippen LogP contribution in [0.4, 0.5) is 0 Å². The van der Waals surface area contributed by atoms with E-state index in [9.17, 15) is 14.4 Å². The van der Waals surface area contributed by atoms with Gasteiger partial charge in [0.2, 0.25) is 0 Å². The lowest BCUT2D eigenvalue weighted by atomic mass is 9.88. The van der Waals surface area contributed by atoms with E-state index in [-0.39, 0.29) is 32.0 Å². The summed E-state index contributed by atoms with van der Waals surface area (Å²) in [5.74, 6) is -1.77. The lowest BCUT2D eigenvalue weighted by Gasteiger charge is -2.22. The SMILES string of the molecule is CCC(C)(C)C(=O)OCCOC(=O)C(C)(C)CCC(=O)O. The Hall–Kier alpha value is -1.59. The Bertz CT molecular complexity index is 384. The molecule has 0 atom stereocenters. The van der Waals surface area contributed by atoms with Gasteiger partial charge in [-0.15, -0.1) is 0 Å². The fraction of sp³-hybridized carbons (Fsp3) is 0.800. The lowest BCUT2D eigenvalue weighted by molar-refractivity contribution is -0.163. The Balaban J connectivity index is 4.10. The second-order valence-corrected chi connectivity index (χ2v) is 6.29. The van der Waals surface area contributed by atoms with Crippen LogP contribution in [0.1, 0.15) is 53.9 Å². The molecule has 21 heavy (non-hydrogen) atoms. The molecule has 0 aromatic heterocycles. The van der Waals surface area contributed by atoms with E-state index in [0.29, 0.717) is 6.42 Å². The number of aliphatic carboxylic acids is 1. The first-order valence-corrected chi connectivity index (χ1v) is 7.09. The van der Waals surface area contributed by atoms with E-state index in [1.54, 1.807) is 27.7 Å². The molecular weight excluding hydrogens is 276 g/mol. The molecule has 0 amide bonds. The van der Waals surface area contributed by atoms with Gasteiger partial charge in [-0.25, -0.2) is 0 Å². The van der Waals surface area contributed by atoms with Crippen molar-refractivity contribution < 1.29 is 29.0 Å². The number of carboxylic acids is 1. The van der Waals surface area contributed by atoms with Crippen molar-refractivity contribution in [3.63, 3.8) is 0 Å². The number of carbonyl (C=O) groups excluding carboxylic acids is 2. The molecule has 0 heterocycles. The van der Waals surface area contributed by atoms with Gasteiger partial charge in [-0.05, 0) is 40.5 Å². The van der Waals surface area contributed by atoms with Gasteiger partial charge >= 0.3 is 17.9 Å². The predicted molar refractivity (Wildman–Crippen MR) is 76.6 cm³/mol. The Morgan fingerprint density at radius 3 is 1.71 bits per heavy atom. The van der Waals surface area contributed by atoms with Gasteiger partial charge < -0.3 is 14.6 Å². The maximum absolute atomic E-state index is 11.8. The molecular formula is C15H26O6. The van der Waals surface area contributed by atoms with Crippen LogP contribution < -0.4 is 0 Å². The van der Waals surface area contributed by atoms with E-state index >= 15 is 0 Å². The molecule has 0 aromatic carbocycles. The molecule has 0 saturated carbocycles. The molecule has 0 aromatic rings. The van der Waals surface area contributed by atoms with Crippen LogP contribution >= 0.6 is 0 Å². The Kier molecular flexibility index (Phi) is 7.39. The molecule has 0 saturated heterocycles. The summed E-state index contributed by atoms with van der Waals surface area (Å²) in [6.45, 7) is 8.71. The Labute approximate surface area is 125 Å². The van der Waals surface area contributed by atoms with Crippen molar-refractivity contribution in [2.45, 2.75) is 53.9 Å². The molecule has 0 radical (unpaired) electrons. The van der Waals surface area contributed by atoms with Crippen LogP contribution in [0.2, 0.25) is 0 Å². The number of carbonyl (C=O) groups is 3. The molecule has 0 rings (SSSR count). The smallest absolute Gasteiger partial charge is 0.311 e. The number of carboxylic acid groups (broad SMARTS) is 1. The highest BCUT2D eigenvalue weighted by molar-refractivity contribution is 5.77. The Morgan fingerprint density at radius 1 is 0.905 bits per heavy atom. The molecule has 6 nitrogen and oxygen atoms in total. The van der Waals surface area contributed by atoms with E-state index in [0.717, 1.165) is 0 Å². The van der Waals surface area contributed by atoms with Crippen LogP contribution in [-0.2, 0) is 23.9 Å². The van der Waals surface area contributed by atoms with Gasteiger partial charge in [-0.1, -0.05) is 6.92 Å². The fourth-order valence-electron chi connectivity index (χ4n) is 1.33. The second-order valence-electron chi connectivity index (χ2n) is 6.29. The zero-order valence-corrected chi connectivity index (χ0v) is 13.5. The molecule has 1 N–H and O–H groups in total. The van der Waals surface area contributed by atoms with Crippen molar-refractivity contribution in [1.29, 1.82) is 0 Å². The van der Waals surface area contributed by atoms with Crippen molar-refractivity contribution >= 4 is 17.9 Å². The maximum atomic E-state index is 11.8. The first-order chi connectivity index (χ1) is 9.53. The molecule has 0 aliphatic carbocycles. The first-order valence-electron chi connectivity index (χ1n) is 7.09. The summed E-state index contributed by atoms with van der Waals surface area (Å²) in [6.07, 6.45) is 0.763. The van der Waals surface area contributed by atoms with Crippen molar-refractivity contribution in [1.82, 2.24) is 0 Å². The third kappa shape index (κ3) is 7.11. The van der Waals surface area contributed by atoms with Gasteiger partial charge in [0.1, 0.15) is 13.2 Å². The minimum absolute atomic E-state index is 0.00299. The van der Waals surface area contributed by atoms with Crippen molar-refractivity contribution in [2.24, 2.45) is 10.8 Å². The second kappa shape index (κ2) is 8.00. The molecule has 0 spiro atoms. The predicted octanol–water partition coefficient (Wildman–Crippen LogP) is 2.40. The van der Waals surface area contributed by atoms with Gasteiger partial charge in [0, 0.05) is 6.42 Å². The summed E-state index contributed by atoms with van der Waals surface area (Å²) < 4.78 is 10.1. The van der Waals surface area contributed by atoms with Crippen molar-refractivity contribution in [2.75, 3.05) is 13.2 Å². The average molecular weight is 302 g/mol. The van der Waals surface area contributed by atoms with E-state index in [2.05, 4.69) is 0 Å². The zero-order valence-electron chi connectivity index (χ0n) is 13.5. The third-order valence-corrected chi connectivity index (χ3v) is 3.50. The van der Waals surface area contributed by atoms with E-state index in [1.165, 1.54) is 0 Å². The van der Waals surface area contributed by atoms with Crippen molar-refractivity contribution in [3.05, 3.63) is 0 Å².